The number of aliphatic imine (C=N–C) groups is 1. The average Bonchev–Trinajstić information content (AvgIpc) is 3.49. The van der Waals surface area contributed by atoms with Gasteiger partial charge in [-0.2, -0.15) is 5.01 Å². The number of nitrogens with zero attached hydrogens (tertiary/aromatic N) is 4. The Hall–Kier alpha value is -3.00. The normalized spacial score (nSPS) is 19.4. The molecule has 2 aliphatic heterocycles. The molecule has 0 saturated carbocycles. The number of hydrogen-bond acceptors (Lipinski definition) is 4. The number of carbonyl (C=O) groups is 1. The first kappa shape index (κ1) is 25.1. The predicted octanol–water partition coefficient (Wildman–Crippen LogP) is 5.01. The van der Waals surface area contributed by atoms with Gasteiger partial charge in [0, 0.05) is 26.2 Å². The molecule has 2 atom stereocenters. The first-order valence-electron chi connectivity index (χ1n) is 12.3. The van der Waals surface area contributed by atoms with E-state index in [0.717, 1.165) is 49.7 Å². The van der Waals surface area contributed by atoms with Crippen LogP contribution in [0.3, 0.4) is 0 Å². The fourth-order valence-electron chi connectivity index (χ4n) is 5.01. The summed E-state index contributed by atoms with van der Waals surface area (Å²) in [6.45, 7) is 10.8. The van der Waals surface area contributed by atoms with Crippen molar-refractivity contribution in [2.45, 2.75) is 59.3 Å². The Balaban J connectivity index is 1.75. The molecule has 35 heavy (non-hydrogen) atoms. The van der Waals surface area contributed by atoms with Crippen LogP contribution in [0.1, 0.15) is 51.7 Å². The Kier molecular flexibility index (Phi) is 7.40. The van der Waals surface area contributed by atoms with Crippen molar-refractivity contribution >= 4 is 11.9 Å². The molecule has 0 spiro atoms. The summed E-state index contributed by atoms with van der Waals surface area (Å²) in [5.41, 5.74) is 4.02. The molecular formula is C27H35F2N5O. The number of rotatable bonds is 6. The van der Waals surface area contributed by atoms with Crippen LogP contribution in [0.25, 0.3) is 0 Å². The number of carbonyl (C=O) groups excluding carboxylic acids is 1. The lowest BCUT2D eigenvalue weighted by Crippen LogP contribution is -2.60. The minimum absolute atomic E-state index is 0.00479. The highest BCUT2D eigenvalue weighted by Crippen LogP contribution is 2.34. The van der Waals surface area contributed by atoms with Gasteiger partial charge >= 0.3 is 6.03 Å². The third kappa shape index (κ3) is 5.48. The summed E-state index contributed by atoms with van der Waals surface area (Å²) in [5.74, 6) is -0.816. The lowest BCUT2D eigenvalue weighted by Gasteiger charge is -2.45. The van der Waals surface area contributed by atoms with Crippen LogP contribution < -0.4 is 5.43 Å². The van der Waals surface area contributed by atoms with Gasteiger partial charge in [0.25, 0.3) is 0 Å². The van der Waals surface area contributed by atoms with Gasteiger partial charge in [-0.05, 0) is 48.9 Å². The molecule has 2 aromatic carbocycles. The second-order valence-corrected chi connectivity index (χ2v) is 10.3. The van der Waals surface area contributed by atoms with Crippen LogP contribution in [0.2, 0.25) is 0 Å². The van der Waals surface area contributed by atoms with Crippen molar-refractivity contribution in [1.82, 2.24) is 20.2 Å². The van der Waals surface area contributed by atoms with Crippen molar-refractivity contribution < 1.29 is 13.6 Å². The monoisotopic (exact) mass is 483 g/mol. The molecule has 1 fully saturated rings. The molecule has 1 N–H and O–H groups in total. The number of urea groups is 1. The Morgan fingerprint density at radius 2 is 1.83 bits per heavy atom. The molecule has 6 nitrogen and oxygen atoms in total. The molecule has 2 aromatic rings. The van der Waals surface area contributed by atoms with Crippen LogP contribution in [-0.2, 0) is 6.54 Å². The fourth-order valence-corrected chi connectivity index (χ4v) is 5.01. The van der Waals surface area contributed by atoms with Gasteiger partial charge < -0.3 is 15.2 Å². The van der Waals surface area contributed by atoms with Crippen LogP contribution >= 0.6 is 0 Å². The molecule has 2 amide bonds. The highest BCUT2D eigenvalue weighted by atomic mass is 19.1. The molecule has 188 valence electrons. The number of hydrazine groups is 1. The zero-order valence-corrected chi connectivity index (χ0v) is 21.0. The van der Waals surface area contributed by atoms with Crippen LogP contribution in [0, 0.1) is 17.0 Å². The summed E-state index contributed by atoms with van der Waals surface area (Å²) in [4.78, 5) is 22.3. The molecule has 2 aliphatic rings. The van der Waals surface area contributed by atoms with Crippen molar-refractivity contribution in [3.8, 4) is 0 Å². The molecule has 0 radical (unpaired) electrons. The Morgan fingerprint density at radius 3 is 2.46 bits per heavy atom. The number of halogens is 2. The molecule has 0 aromatic heterocycles. The highest BCUT2D eigenvalue weighted by molar-refractivity contribution is 5.99. The quantitative estimate of drug-likeness (QED) is 0.629. The highest BCUT2D eigenvalue weighted by Gasteiger charge is 2.45. The van der Waals surface area contributed by atoms with Crippen LogP contribution in [0.15, 0.2) is 53.5 Å². The SMILES string of the molecule is CCN(C(=O)N1CCCC1)[C@@H](C1N=C(c2cc(F)ccc2F)NN1Cc1ccccc1)C(C)(C)C. The van der Waals surface area contributed by atoms with E-state index >= 15 is 0 Å². The standard InChI is InChI=1S/C27H35F2N5O/c1-5-33(26(35)32-15-9-10-16-32)23(27(2,3)4)25-30-24(21-17-20(28)13-14-22(21)29)31-34(25)18-19-11-7-6-8-12-19/h6-8,11-14,17,23,25H,5,9-10,15-16,18H2,1-4H3,(H,30,31)/t23-,25?/m0/s1. The van der Waals surface area contributed by atoms with E-state index in [-0.39, 0.29) is 28.9 Å². The fraction of sp³-hybridized carbons (Fsp3) is 0.481. The minimum Gasteiger partial charge on any atom is -0.325 e. The number of amidine groups is 1. The van der Waals surface area contributed by atoms with E-state index < -0.39 is 17.8 Å². The van der Waals surface area contributed by atoms with E-state index in [1.807, 2.05) is 52.1 Å². The second kappa shape index (κ2) is 10.3. The van der Waals surface area contributed by atoms with Gasteiger partial charge in [-0.3, -0.25) is 0 Å². The molecule has 0 aliphatic carbocycles. The summed E-state index contributed by atoms with van der Waals surface area (Å²) >= 11 is 0. The number of likely N-dealkylation sites (N-methyl/N-ethyl adjacent to an activating group) is 1. The number of nitrogens with one attached hydrogen (secondary N) is 1. The van der Waals surface area contributed by atoms with Gasteiger partial charge in [0.2, 0.25) is 0 Å². The lowest BCUT2D eigenvalue weighted by molar-refractivity contribution is 0.0251. The van der Waals surface area contributed by atoms with Crippen molar-refractivity contribution in [1.29, 1.82) is 0 Å². The summed E-state index contributed by atoms with van der Waals surface area (Å²) in [7, 11) is 0. The van der Waals surface area contributed by atoms with E-state index in [0.29, 0.717) is 13.1 Å². The maximum Gasteiger partial charge on any atom is 0.320 e. The van der Waals surface area contributed by atoms with Crippen molar-refractivity contribution in [3.63, 3.8) is 0 Å². The summed E-state index contributed by atoms with van der Waals surface area (Å²) in [6.07, 6.45) is 1.52. The van der Waals surface area contributed by atoms with E-state index in [4.69, 9.17) is 4.99 Å². The number of hydrogen-bond donors (Lipinski definition) is 1. The van der Waals surface area contributed by atoms with E-state index in [9.17, 15) is 13.6 Å². The summed E-state index contributed by atoms with van der Waals surface area (Å²) in [6, 6.07) is 13.0. The van der Waals surface area contributed by atoms with Crippen molar-refractivity contribution in [2.75, 3.05) is 19.6 Å². The van der Waals surface area contributed by atoms with Gasteiger partial charge in [0.15, 0.2) is 0 Å². The lowest BCUT2D eigenvalue weighted by atomic mass is 9.83. The Labute approximate surface area is 206 Å². The van der Waals surface area contributed by atoms with Gasteiger partial charge in [-0.1, -0.05) is 51.1 Å². The van der Waals surface area contributed by atoms with E-state index in [2.05, 4.69) is 26.2 Å². The third-order valence-electron chi connectivity index (χ3n) is 6.68. The van der Waals surface area contributed by atoms with Gasteiger partial charge in [-0.15, -0.1) is 0 Å². The molecule has 1 unspecified atom stereocenters. The second-order valence-electron chi connectivity index (χ2n) is 10.3. The van der Waals surface area contributed by atoms with E-state index in [1.54, 1.807) is 0 Å². The summed E-state index contributed by atoms with van der Waals surface area (Å²) < 4.78 is 28.7. The molecular weight excluding hydrogens is 448 g/mol. The zero-order valence-electron chi connectivity index (χ0n) is 21.0. The summed E-state index contributed by atoms with van der Waals surface area (Å²) in [5, 5.41) is 1.94. The minimum atomic E-state index is -0.550. The molecule has 2 heterocycles. The van der Waals surface area contributed by atoms with Crippen LogP contribution in [0.5, 0.6) is 0 Å². The Morgan fingerprint density at radius 1 is 1.14 bits per heavy atom. The van der Waals surface area contributed by atoms with Crippen molar-refractivity contribution in [3.05, 3.63) is 71.3 Å². The maximum atomic E-state index is 14.7. The number of likely N-dealkylation sites (tertiary alicyclic amines) is 1. The average molecular weight is 484 g/mol. The van der Waals surface area contributed by atoms with E-state index in [1.165, 1.54) is 0 Å². The zero-order chi connectivity index (χ0) is 25.2. The largest absolute Gasteiger partial charge is 0.325 e. The van der Waals surface area contributed by atoms with Gasteiger partial charge in [-0.25, -0.2) is 18.6 Å². The predicted molar refractivity (Wildman–Crippen MR) is 134 cm³/mol. The van der Waals surface area contributed by atoms with Crippen LogP contribution in [-0.4, -0.2) is 58.5 Å². The number of amides is 2. The smallest absolute Gasteiger partial charge is 0.320 e. The van der Waals surface area contributed by atoms with Crippen LogP contribution in [0.4, 0.5) is 13.6 Å². The molecule has 4 rings (SSSR count). The van der Waals surface area contributed by atoms with Gasteiger partial charge in [0.1, 0.15) is 23.6 Å². The third-order valence-corrected chi connectivity index (χ3v) is 6.68. The molecule has 8 heteroatoms. The first-order valence-corrected chi connectivity index (χ1v) is 12.3. The molecule has 1 saturated heterocycles. The topological polar surface area (TPSA) is 51.2 Å². The van der Waals surface area contributed by atoms with Gasteiger partial charge in [0.05, 0.1) is 11.6 Å². The Bertz CT molecular complexity index is 1060. The molecule has 0 bridgehead atoms. The number of benzene rings is 2. The van der Waals surface area contributed by atoms with Crippen molar-refractivity contribution in [2.24, 2.45) is 10.4 Å². The first-order chi connectivity index (χ1) is 16.7. The maximum absolute atomic E-state index is 14.7.